The number of carbonyl (C=O) groups is 1. The lowest BCUT2D eigenvalue weighted by molar-refractivity contribution is -0.139. The van der Waals surface area contributed by atoms with Crippen molar-refractivity contribution in [3.8, 4) is 11.5 Å². The van der Waals surface area contributed by atoms with E-state index in [9.17, 15) is 4.79 Å². The van der Waals surface area contributed by atoms with E-state index < -0.39 is 12.0 Å². The molecule has 0 amide bonds. The topological polar surface area (TPSA) is 88.3 Å². The van der Waals surface area contributed by atoms with Crippen LogP contribution in [-0.4, -0.2) is 27.3 Å². The van der Waals surface area contributed by atoms with Crippen molar-refractivity contribution in [2.45, 2.75) is 19.5 Å². The van der Waals surface area contributed by atoms with Crippen LogP contribution in [-0.2, 0) is 11.3 Å². The van der Waals surface area contributed by atoms with Crippen molar-refractivity contribution in [3.63, 3.8) is 0 Å². The molecular formula is C12H12BrN3O3. The van der Waals surface area contributed by atoms with Crippen molar-refractivity contribution in [2.75, 3.05) is 0 Å². The van der Waals surface area contributed by atoms with Gasteiger partial charge in [0.2, 0.25) is 11.8 Å². The van der Waals surface area contributed by atoms with Gasteiger partial charge in [0.15, 0.2) is 0 Å². The Bertz CT molecular complexity index is 585. The summed E-state index contributed by atoms with van der Waals surface area (Å²) < 4.78 is 6.33. The number of rotatable bonds is 5. The van der Waals surface area contributed by atoms with Crippen molar-refractivity contribution in [3.05, 3.63) is 34.6 Å². The second kappa shape index (κ2) is 5.94. The Morgan fingerprint density at radius 1 is 1.47 bits per heavy atom. The summed E-state index contributed by atoms with van der Waals surface area (Å²) in [5.41, 5.74) is 0.799. The highest BCUT2D eigenvalue weighted by Crippen LogP contribution is 2.26. The van der Waals surface area contributed by atoms with E-state index in [1.165, 1.54) is 0 Å². The smallest absolute Gasteiger partial charge is 0.320 e. The molecule has 2 rings (SSSR count). The fourth-order valence-corrected chi connectivity index (χ4v) is 1.85. The minimum atomic E-state index is -0.925. The molecule has 1 atom stereocenters. The van der Waals surface area contributed by atoms with E-state index in [0.717, 1.165) is 10.0 Å². The van der Waals surface area contributed by atoms with Crippen LogP contribution in [0.5, 0.6) is 0 Å². The van der Waals surface area contributed by atoms with Gasteiger partial charge in [-0.2, -0.15) is 0 Å². The fourth-order valence-electron chi connectivity index (χ4n) is 1.40. The van der Waals surface area contributed by atoms with Gasteiger partial charge < -0.3 is 9.52 Å². The van der Waals surface area contributed by atoms with Gasteiger partial charge in [0.1, 0.15) is 6.04 Å². The van der Waals surface area contributed by atoms with Gasteiger partial charge in [-0.1, -0.05) is 12.1 Å². The number of hydrogen-bond donors (Lipinski definition) is 2. The maximum absolute atomic E-state index is 10.7. The number of carboxylic acids is 1. The van der Waals surface area contributed by atoms with Crippen molar-refractivity contribution in [1.29, 1.82) is 0 Å². The average Bonchev–Trinajstić information content (AvgIpc) is 2.85. The minimum absolute atomic E-state index is 0.213. The molecule has 2 aromatic rings. The number of aromatic nitrogens is 2. The number of aliphatic carboxylic acids is 1. The zero-order valence-electron chi connectivity index (χ0n) is 10.1. The minimum Gasteiger partial charge on any atom is -0.480 e. The first kappa shape index (κ1) is 13.7. The molecule has 0 aliphatic rings. The maximum atomic E-state index is 10.7. The van der Waals surface area contributed by atoms with Gasteiger partial charge in [-0.05, 0) is 35.0 Å². The molecule has 7 heteroatoms. The number of hydrogen-bond acceptors (Lipinski definition) is 5. The second-order valence-electron chi connectivity index (χ2n) is 3.92. The summed E-state index contributed by atoms with van der Waals surface area (Å²) >= 11 is 3.40. The zero-order chi connectivity index (χ0) is 13.8. The van der Waals surface area contributed by atoms with Crippen LogP contribution in [0.4, 0.5) is 0 Å². The standard InChI is InChI=1S/C12H12BrN3O3/c1-7(12(17)18)14-6-10-15-16-11(19-10)8-4-2-3-5-9(8)13/h2-5,7,14H,6H2,1H3,(H,17,18). The Morgan fingerprint density at radius 3 is 2.89 bits per heavy atom. The molecule has 100 valence electrons. The molecule has 0 spiro atoms. The van der Waals surface area contributed by atoms with Crippen molar-refractivity contribution in [2.24, 2.45) is 0 Å². The third-order valence-corrected chi connectivity index (χ3v) is 3.19. The predicted octanol–water partition coefficient (Wildman–Crippen LogP) is 2.06. The quantitative estimate of drug-likeness (QED) is 0.874. The first-order valence-electron chi connectivity index (χ1n) is 5.61. The van der Waals surface area contributed by atoms with E-state index in [1.807, 2.05) is 24.3 Å². The fraction of sp³-hybridized carbons (Fsp3) is 0.250. The largest absolute Gasteiger partial charge is 0.480 e. The lowest BCUT2D eigenvalue weighted by atomic mass is 10.2. The summed E-state index contributed by atoms with van der Waals surface area (Å²) in [6.07, 6.45) is 0. The molecule has 0 fully saturated rings. The summed E-state index contributed by atoms with van der Waals surface area (Å²) in [5.74, 6) is -0.184. The van der Waals surface area contributed by atoms with Gasteiger partial charge in [-0.25, -0.2) is 0 Å². The predicted molar refractivity (Wildman–Crippen MR) is 71.4 cm³/mol. The highest BCUT2D eigenvalue weighted by molar-refractivity contribution is 9.10. The van der Waals surface area contributed by atoms with E-state index in [0.29, 0.717) is 11.8 Å². The third-order valence-electron chi connectivity index (χ3n) is 2.50. The normalized spacial score (nSPS) is 12.3. The molecule has 1 aromatic heterocycles. The Kier molecular flexibility index (Phi) is 4.28. The van der Waals surface area contributed by atoms with E-state index >= 15 is 0 Å². The molecule has 1 heterocycles. The highest BCUT2D eigenvalue weighted by Gasteiger charge is 2.14. The molecule has 1 unspecified atom stereocenters. The van der Waals surface area contributed by atoms with E-state index in [1.54, 1.807) is 6.92 Å². The second-order valence-corrected chi connectivity index (χ2v) is 4.78. The lowest BCUT2D eigenvalue weighted by Gasteiger charge is -2.05. The number of benzene rings is 1. The van der Waals surface area contributed by atoms with Crippen LogP contribution in [0.2, 0.25) is 0 Å². The Labute approximate surface area is 118 Å². The summed E-state index contributed by atoms with van der Waals surface area (Å²) in [6, 6.07) is 6.83. The van der Waals surface area contributed by atoms with Crippen molar-refractivity contribution >= 4 is 21.9 Å². The van der Waals surface area contributed by atoms with Crippen LogP contribution in [0.25, 0.3) is 11.5 Å². The maximum Gasteiger partial charge on any atom is 0.320 e. The molecule has 0 saturated carbocycles. The average molecular weight is 326 g/mol. The van der Waals surface area contributed by atoms with Gasteiger partial charge in [-0.3, -0.25) is 10.1 Å². The number of halogens is 1. The summed E-state index contributed by atoms with van der Waals surface area (Å²) in [5, 5.41) is 19.3. The Morgan fingerprint density at radius 2 is 2.21 bits per heavy atom. The van der Waals surface area contributed by atoms with Crippen LogP contribution in [0.1, 0.15) is 12.8 Å². The molecule has 2 N–H and O–H groups in total. The SMILES string of the molecule is CC(NCc1nnc(-c2ccccc2Br)o1)C(=O)O. The highest BCUT2D eigenvalue weighted by atomic mass is 79.9. The molecular weight excluding hydrogens is 314 g/mol. The van der Waals surface area contributed by atoms with Crippen LogP contribution >= 0.6 is 15.9 Å². The molecule has 6 nitrogen and oxygen atoms in total. The monoisotopic (exact) mass is 325 g/mol. The first-order valence-corrected chi connectivity index (χ1v) is 6.40. The number of nitrogens with one attached hydrogen (secondary N) is 1. The van der Waals surface area contributed by atoms with E-state index in [-0.39, 0.29) is 6.54 Å². The van der Waals surface area contributed by atoms with Crippen LogP contribution in [0, 0.1) is 0 Å². The van der Waals surface area contributed by atoms with Crippen LogP contribution in [0.3, 0.4) is 0 Å². The lowest BCUT2D eigenvalue weighted by Crippen LogP contribution is -2.33. The Balaban J connectivity index is 2.08. The zero-order valence-corrected chi connectivity index (χ0v) is 11.7. The molecule has 0 aliphatic carbocycles. The molecule has 0 radical (unpaired) electrons. The number of carboxylic acid groups (broad SMARTS) is 1. The summed E-state index contributed by atoms with van der Waals surface area (Å²) in [7, 11) is 0. The van der Waals surface area contributed by atoms with Gasteiger partial charge >= 0.3 is 5.97 Å². The van der Waals surface area contributed by atoms with Gasteiger partial charge in [0, 0.05) is 4.47 Å². The van der Waals surface area contributed by atoms with Gasteiger partial charge in [-0.15, -0.1) is 10.2 Å². The van der Waals surface area contributed by atoms with Crippen LogP contribution in [0.15, 0.2) is 33.2 Å². The molecule has 0 saturated heterocycles. The van der Waals surface area contributed by atoms with Crippen molar-refractivity contribution < 1.29 is 14.3 Å². The molecule has 0 aliphatic heterocycles. The molecule has 0 bridgehead atoms. The summed E-state index contributed by atoms with van der Waals surface area (Å²) in [6.45, 7) is 1.76. The van der Waals surface area contributed by atoms with Crippen LogP contribution < -0.4 is 5.32 Å². The van der Waals surface area contributed by atoms with Crippen molar-refractivity contribution in [1.82, 2.24) is 15.5 Å². The van der Waals surface area contributed by atoms with E-state index in [2.05, 4.69) is 31.4 Å². The number of nitrogens with zero attached hydrogens (tertiary/aromatic N) is 2. The third kappa shape index (κ3) is 3.39. The van der Waals surface area contributed by atoms with E-state index in [4.69, 9.17) is 9.52 Å². The molecule has 1 aromatic carbocycles. The van der Waals surface area contributed by atoms with Gasteiger partial charge in [0.05, 0.1) is 12.1 Å². The Hall–Kier alpha value is -1.73. The van der Waals surface area contributed by atoms with Gasteiger partial charge in [0.25, 0.3) is 0 Å². The molecule has 19 heavy (non-hydrogen) atoms. The summed E-state index contributed by atoms with van der Waals surface area (Å²) in [4.78, 5) is 10.7. The first-order chi connectivity index (χ1) is 9.08.